The summed E-state index contributed by atoms with van der Waals surface area (Å²) in [6.45, 7) is 2.16. The molecule has 1 atom stereocenters. The maximum Gasteiger partial charge on any atom is 0.253 e. The van der Waals surface area contributed by atoms with Crippen molar-refractivity contribution in [3.05, 3.63) is 66.1 Å². The van der Waals surface area contributed by atoms with E-state index in [0.717, 1.165) is 28.3 Å². The van der Waals surface area contributed by atoms with Gasteiger partial charge in [0, 0.05) is 55.9 Å². The van der Waals surface area contributed by atoms with Crippen LogP contribution < -0.4 is 10.2 Å². The zero-order valence-electron chi connectivity index (χ0n) is 16.5. The molecule has 1 aliphatic rings. The van der Waals surface area contributed by atoms with Crippen molar-refractivity contribution in [2.45, 2.75) is 13.0 Å². The largest absolute Gasteiger partial charge is 0.367 e. The molecule has 1 aliphatic heterocycles. The first kappa shape index (κ1) is 18.0. The summed E-state index contributed by atoms with van der Waals surface area (Å²) in [5.74, 6) is 0.790. The predicted octanol–water partition coefficient (Wildman–Crippen LogP) is 4.10. The van der Waals surface area contributed by atoms with Crippen molar-refractivity contribution in [2.75, 3.05) is 31.4 Å². The van der Waals surface area contributed by atoms with Crippen LogP contribution in [0.15, 0.2) is 55.0 Å². The maximum absolute atomic E-state index is 12.4. The lowest BCUT2D eigenvalue weighted by Crippen LogP contribution is -2.27. The smallest absolute Gasteiger partial charge is 0.253 e. The number of pyridine rings is 2. The van der Waals surface area contributed by atoms with Crippen molar-refractivity contribution in [3.63, 3.8) is 0 Å². The van der Waals surface area contributed by atoms with Crippen LogP contribution in [0.1, 0.15) is 28.9 Å². The van der Waals surface area contributed by atoms with E-state index in [1.54, 1.807) is 31.4 Å². The number of amides is 1. The Morgan fingerprint density at radius 2 is 1.96 bits per heavy atom. The van der Waals surface area contributed by atoms with Crippen molar-refractivity contribution in [1.29, 1.82) is 0 Å². The first-order valence-electron chi connectivity index (χ1n) is 9.21. The normalized spacial score (nSPS) is 14.9. The van der Waals surface area contributed by atoms with Gasteiger partial charge in [0.1, 0.15) is 5.82 Å². The number of fused-ring (bicyclic) bond motifs is 3. The van der Waals surface area contributed by atoms with Gasteiger partial charge in [0.15, 0.2) is 0 Å². The number of carbonyl (C=O) groups excluding carboxylic acids is 1. The third-order valence-electron chi connectivity index (χ3n) is 5.22. The van der Waals surface area contributed by atoms with Crippen LogP contribution in [0.2, 0.25) is 0 Å². The molecular weight excluding hydrogens is 350 g/mol. The molecule has 1 N–H and O–H groups in total. The summed E-state index contributed by atoms with van der Waals surface area (Å²) in [5.41, 5.74) is 6.02. The Hall–Kier alpha value is -3.41. The fraction of sp³-hybridized carbons (Fsp3) is 0.227. The molecule has 6 heteroatoms. The van der Waals surface area contributed by atoms with Gasteiger partial charge in [0.05, 0.1) is 17.9 Å². The molecule has 142 valence electrons. The Morgan fingerprint density at radius 1 is 1.14 bits per heavy atom. The van der Waals surface area contributed by atoms with Gasteiger partial charge in [-0.15, -0.1) is 0 Å². The summed E-state index contributed by atoms with van der Waals surface area (Å²) in [4.78, 5) is 24.9. The van der Waals surface area contributed by atoms with Gasteiger partial charge in [-0.3, -0.25) is 9.78 Å². The van der Waals surface area contributed by atoms with Crippen LogP contribution in [0.4, 0.5) is 17.2 Å². The van der Waals surface area contributed by atoms with Gasteiger partial charge in [0.2, 0.25) is 0 Å². The second-order valence-corrected chi connectivity index (χ2v) is 7.24. The molecule has 1 amide bonds. The average molecular weight is 373 g/mol. The van der Waals surface area contributed by atoms with Gasteiger partial charge >= 0.3 is 0 Å². The number of nitrogens with one attached hydrogen (secondary N) is 1. The number of rotatable bonds is 3. The van der Waals surface area contributed by atoms with E-state index in [1.807, 2.05) is 36.5 Å². The molecule has 28 heavy (non-hydrogen) atoms. The lowest BCUT2D eigenvalue weighted by Gasteiger charge is -2.36. The van der Waals surface area contributed by atoms with E-state index in [2.05, 4.69) is 40.2 Å². The highest BCUT2D eigenvalue weighted by molar-refractivity contribution is 5.97. The van der Waals surface area contributed by atoms with Gasteiger partial charge in [-0.1, -0.05) is 6.07 Å². The first-order valence-corrected chi connectivity index (χ1v) is 9.21. The van der Waals surface area contributed by atoms with Crippen LogP contribution in [-0.2, 0) is 0 Å². The van der Waals surface area contributed by atoms with Crippen LogP contribution >= 0.6 is 0 Å². The Labute approximate surface area is 164 Å². The molecule has 0 fully saturated rings. The van der Waals surface area contributed by atoms with E-state index in [-0.39, 0.29) is 11.9 Å². The number of hydrogen-bond acceptors (Lipinski definition) is 5. The van der Waals surface area contributed by atoms with Crippen molar-refractivity contribution in [1.82, 2.24) is 14.9 Å². The minimum absolute atomic E-state index is 0.00351. The third-order valence-corrected chi connectivity index (χ3v) is 5.22. The maximum atomic E-state index is 12.4. The predicted molar refractivity (Wildman–Crippen MR) is 112 cm³/mol. The van der Waals surface area contributed by atoms with E-state index in [0.29, 0.717) is 5.56 Å². The van der Waals surface area contributed by atoms with Gasteiger partial charge in [-0.05, 0) is 42.8 Å². The second-order valence-electron chi connectivity index (χ2n) is 7.24. The molecule has 1 unspecified atom stereocenters. The molecule has 2 aromatic heterocycles. The summed E-state index contributed by atoms with van der Waals surface area (Å²) in [7, 11) is 5.60. The molecule has 0 spiro atoms. The minimum Gasteiger partial charge on any atom is -0.367 e. The number of nitrogens with zero attached hydrogens (tertiary/aromatic N) is 4. The van der Waals surface area contributed by atoms with E-state index >= 15 is 0 Å². The highest BCUT2D eigenvalue weighted by Gasteiger charge is 2.27. The molecule has 0 saturated carbocycles. The average Bonchev–Trinajstić information content (AvgIpc) is 2.71. The van der Waals surface area contributed by atoms with Gasteiger partial charge in [0.25, 0.3) is 5.91 Å². The van der Waals surface area contributed by atoms with Gasteiger partial charge in [-0.25, -0.2) is 4.98 Å². The molecular formula is C22H23N5O. The van der Waals surface area contributed by atoms with Gasteiger partial charge < -0.3 is 15.1 Å². The lowest BCUT2D eigenvalue weighted by atomic mass is 9.89. The van der Waals surface area contributed by atoms with Crippen LogP contribution in [0.25, 0.3) is 11.1 Å². The Bertz CT molecular complexity index is 1030. The zero-order valence-corrected chi connectivity index (χ0v) is 16.5. The number of aromatic nitrogens is 2. The third kappa shape index (κ3) is 3.07. The van der Waals surface area contributed by atoms with Crippen molar-refractivity contribution in [3.8, 4) is 11.1 Å². The van der Waals surface area contributed by atoms with E-state index in [9.17, 15) is 4.79 Å². The quantitative estimate of drug-likeness (QED) is 0.749. The second kappa shape index (κ2) is 6.96. The summed E-state index contributed by atoms with van der Waals surface area (Å²) in [6, 6.07) is 12.0. The van der Waals surface area contributed by atoms with Crippen LogP contribution in [0, 0.1) is 0 Å². The molecule has 0 bridgehead atoms. The van der Waals surface area contributed by atoms with E-state index in [4.69, 9.17) is 0 Å². The topological polar surface area (TPSA) is 61.4 Å². The van der Waals surface area contributed by atoms with Crippen molar-refractivity contribution in [2.24, 2.45) is 0 Å². The minimum atomic E-state index is 0.00351. The SMILES string of the molecule is CC1c2cc(Nc3cccnc3)ncc2-c2ccc(C(=O)N(C)C)cc2N1C. The molecule has 3 heterocycles. The van der Waals surface area contributed by atoms with Crippen LogP contribution in [0.5, 0.6) is 0 Å². The Kier molecular flexibility index (Phi) is 4.47. The fourth-order valence-electron chi connectivity index (χ4n) is 3.55. The fourth-order valence-corrected chi connectivity index (χ4v) is 3.55. The molecule has 0 radical (unpaired) electrons. The summed E-state index contributed by atoms with van der Waals surface area (Å²) >= 11 is 0. The summed E-state index contributed by atoms with van der Waals surface area (Å²) in [6.07, 6.45) is 5.42. The molecule has 1 aromatic carbocycles. The van der Waals surface area contributed by atoms with Crippen molar-refractivity contribution < 1.29 is 4.79 Å². The first-order chi connectivity index (χ1) is 13.5. The van der Waals surface area contributed by atoms with Crippen LogP contribution in [0.3, 0.4) is 0 Å². The number of anilines is 3. The number of carbonyl (C=O) groups is 1. The Morgan fingerprint density at radius 3 is 2.68 bits per heavy atom. The molecule has 0 saturated heterocycles. The highest BCUT2D eigenvalue weighted by atomic mass is 16.2. The molecule has 4 rings (SSSR count). The number of hydrogen-bond donors (Lipinski definition) is 1. The molecule has 6 nitrogen and oxygen atoms in total. The van der Waals surface area contributed by atoms with E-state index in [1.165, 1.54) is 5.56 Å². The summed E-state index contributed by atoms with van der Waals surface area (Å²) in [5, 5.41) is 3.31. The van der Waals surface area contributed by atoms with Gasteiger partial charge in [-0.2, -0.15) is 0 Å². The molecule has 0 aliphatic carbocycles. The monoisotopic (exact) mass is 373 g/mol. The lowest BCUT2D eigenvalue weighted by molar-refractivity contribution is 0.0827. The highest BCUT2D eigenvalue weighted by Crippen LogP contribution is 2.44. The zero-order chi connectivity index (χ0) is 19.8. The Balaban J connectivity index is 1.75. The number of benzene rings is 1. The summed E-state index contributed by atoms with van der Waals surface area (Å²) < 4.78 is 0. The standard InChI is InChI=1S/C22H23N5O/c1-14-18-11-21(25-16-6-5-9-23-12-16)24-13-19(18)17-8-7-15(22(28)26(2)3)10-20(17)27(14)4/h5-14H,1-4H3,(H,24,25). The van der Waals surface area contributed by atoms with Crippen molar-refractivity contribution >= 4 is 23.1 Å². The van der Waals surface area contributed by atoms with Crippen LogP contribution in [-0.4, -0.2) is 41.9 Å². The van der Waals surface area contributed by atoms with E-state index < -0.39 is 0 Å². The molecule has 3 aromatic rings.